The van der Waals surface area contributed by atoms with Crippen LogP contribution < -0.4 is 4.90 Å². The molecular weight excluding hydrogens is 290 g/mol. The summed E-state index contributed by atoms with van der Waals surface area (Å²) < 4.78 is 0. The van der Waals surface area contributed by atoms with Crippen LogP contribution in [0.2, 0.25) is 0 Å². The first-order valence-electron chi connectivity index (χ1n) is 6.40. The smallest absolute Gasteiger partial charge is 0.279 e. The first kappa shape index (κ1) is 13.5. The molecule has 0 aromatic heterocycles. The van der Waals surface area contributed by atoms with Crippen molar-refractivity contribution >= 4 is 40.7 Å². The molecule has 6 heteroatoms. The minimum absolute atomic E-state index is 0.0119. The van der Waals surface area contributed by atoms with E-state index in [1.54, 1.807) is 16.7 Å². The third-order valence-electron chi connectivity index (χ3n) is 3.56. The Hall–Kier alpha value is -1.53. The van der Waals surface area contributed by atoms with Crippen molar-refractivity contribution in [2.75, 3.05) is 25.5 Å². The second kappa shape index (κ2) is 4.79. The summed E-state index contributed by atoms with van der Waals surface area (Å²) in [5, 5.41) is 1.52. The van der Waals surface area contributed by atoms with E-state index in [2.05, 4.69) is 17.0 Å². The van der Waals surface area contributed by atoms with Gasteiger partial charge >= 0.3 is 0 Å². The zero-order valence-electron chi connectivity index (χ0n) is 11.6. The monoisotopic (exact) mass is 305 g/mol. The van der Waals surface area contributed by atoms with E-state index in [0.717, 1.165) is 10.7 Å². The number of rotatable bonds is 1. The maximum absolute atomic E-state index is 12.5. The summed E-state index contributed by atoms with van der Waals surface area (Å²) in [6, 6.07) is 8.15. The van der Waals surface area contributed by atoms with Crippen molar-refractivity contribution in [3.8, 4) is 0 Å². The Kier molecular flexibility index (Phi) is 3.22. The van der Waals surface area contributed by atoms with E-state index in [1.807, 2.05) is 38.1 Å². The summed E-state index contributed by atoms with van der Waals surface area (Å²) in [6.07, 6.45) is 0. The first-order valence-corrected chi connectivity index (χ1v) is 7.63. The molecule has 3 rings (SSSR count). The molecule has 1 saturated heterocycles. The van der Waals surface area contributed by atoms with Crippen molar-refractivity contribution in [1.82, 2.24) is 9.80 Å². The van der Waals surface area contributed by atoms with Crippen LogP contribution in [0.3, 0.4) is 0 Å². The van der Waals surface area contributed by atoms with E-state index in [9.17, 15) is 4.79 Å². The topological polar surface area (TPSA) is 26.8 Å². The average Bonchev–Trinajstić information content (AvgIpc) is 2.87. The molecule has 0 spiro atoms. The quantitative estimate of drug-likeness (QED) is 0.587. The van der Waals surface area contributed by atoms with E-state index in [0.29, 0.717) is 17.4 Å². The highest BCUT2D eigenvalue weighted by molar-refractivity contribution is 8.03. The number of carbonyl (C=O) groups excluding carboxylic acids is 1. The number of nitrogens with zero attached hydrogens (tertiary/aromatic N) is 3. The Morgan fingerprint density at radius 1 is 1.20 bits per heavy atom. The molecule has 0 atom stereocenters. The van der Waals surface area contributed by atoms with E-state index in [4.69, 9.17) is 12.2 Å². The third kappa shape index (κ3) is 1.75. The maximum atomic E-state index is 12.5. The molecule has 4 nitrogen and oxygen atoms in total. The van der Waals surface area contributed by atoms with Crippen LogP contribution >= 0.6 is 24.0 Å². The van der Waals surface area contributed by atoms with E-state index < -0.39 is 0 Å². The van der Waals surface area contributed by atoms with Gasteiger partial charge in [0.2, 0.25) is 0 Å². The van der Waals surface area contributed by atoms with Gasteiger partial charge in [-0.2, -0.15) is 0 Å². The fraction of sp³-hybridized carbons (Fsp3) is 0.286. The zero-order chi connectivity index (χ0) is 14.4. The number of thioether (sulfide) groups is 1. The number of likely N-dealkylation sites (N-methyl/N-ethyl adjacent to an activating group) is 2. The third-order valence-corrected chi connectivity index (χ3v) is 5.28. The van der Waals surface area contributed by atoms with Crippen molar-refractivity contribution in [3.05, 3.63) is 35.0 Å². The van der Waals surface area contributed by atoms with Crippen LogP contribution in [0.1, 0.15) is 6.92 Å². The Labute approximate surface area is 128 Å². The van der Waals surface area contributed by atoms with E-state index in [1.165, 1.54) is 4.90 Å². The van der Waals surface area contributed by atoms with E-state index in [-0.39, 0.29) is 5.91 Å². The zero-order valence-corrected chi connectivity index (χ0v) is 13.2. The molecular formula is C14H15N3OS2. The van der Waals surface area contributed by atoms with Crippen LogP contribution in [0.4, 0.5) is 5.69 Å². The van der Waals surface area contributed by atoms with Gasteiger partial charge in [0.15, 0.2) is 5.11 Å². The van der Waals surface area contributed by atoms with Crippen molar-refractivity contribution in [2.24, 2.45) is 0 Å². The van der Waals surface area contributed by atoms with Crippen LogP contribution in [0, 0.1) is 0 Å². The highest BCUT2D eigenvalue weighted by Gasteiger charge is 2.40. The lowest BCUT2D eigenvalue weighted by Gasteiger charge is -2.18. The second-order valence-electron chi connectivity index (χ2n) is 4.67. The van der Waals surface area contributed by atoms with Gasteiger partial charge in [-0.3, -0.25) is 9.69 Å². The molecule has 2 aliphatic rings. The van der Waals surface area contributed by atoms with Gasteiger partial charge in [0, 0.05) is 25.5 Å². The molecule has 0 saturated carbocycles. The summed E-state index contributed by atoms with van der Waals surface area (Å²) in [5.41, 5.74) is 1.79. The van der Waals surface area contributed by atoms with Crippen molar-refractivity contribution in [2.45, 2.75) is 11.8 Å². The van der Waals surface area contributed by atoms with Crippen molar-refractivity contribution in [1.29, 1.82) is 0 Å². The molecule has 2 heterocycles. The average molecular weight is 305 g/mol. The maximum Gasteiger partial charge on any atom is 0.279 e. The van der Waals surface area contributed by atoms with Gasteiger partial charge in [-0.1, -0.05) is 23.9 Å². The van der Waals surface area contributed by atoms with Gasteiger partial charge < -0.3 is 9.80 Å². The number of hydrogen-bond donors (Lipinski definition) is 0. The lowest BCUT2D eigenvalue weighted by molar-refractivity contribution is -0.122. The summed E-state index contributed by atoms with van der Waals surface area (Å²) in [4.78, 5) is 19.2. The number of para-hydroxylation sites is 1. The van der Waals surface area contributed by atoms with Crippen LogP contribution in [0.15, 0.2) is 39.9 Å². The molecule has 0 radical (unpaired) electrons. The number of thiocarbonyl (C=S) groups is 1. The summed E-state index contributed by atoms with van der Waals surface area (Å²) in [7, 11) is 3.84. The van der Waals surface area contributed by atoms with Gasteiger partial charge in [-0.05, 0) is 31.3 Å². The highest BCUT2D eigenvalue weighted by Crippen LogP contribution is 2.47. The highest BCUT2D eigenvalue weighted by atomic mass is 32.2. The normalized spacial score (nSPS) is 22.1. The number of hydrogen-bond acceptors (Lipinski definition) is 4. The van der Waals surface area contributed by atoms with Crippen molar-refractivity contribution in [3.63, 3.8) is 0 Å². The number of benzene rings is 1. The molecule has 20 heavy (non-hydrogen) atoms. The molecule has 1 aromatic carbocycles. The second-order valence-corrected chi connectivity index (χ2v) is 6.07. The largest absolute Gasteiger partial charge is 0.336 e. The lowest BCUT2D eigenvalue weighted by Crippen LogP contribution is -2.30. The van der Waals surface area contributed by atoms with Crippen LogP contribution in [0.5, 0.6) is 0 Å². The molecule has 1 aromatic rings. The predicted octanol–water partition coefficient (Wildman–Crippen LogP) is 2.48. The van der Waals surface area contributed by atoms with Crippen LogP contribution in [-0.4, -0.2) is 41.5 Å². The van der Waals surface area contributed by atoms with Gasteiger partial charge in [0.1, 0.15) is 10.7 Å². The number of carbonyl (C=O) groups is 1. The molecule has 0 unspecified atom stereocenters. The SMILES string of the molecule is CCN1C(=O)C(=C2Sc3ccccc3N2C)N(C)C1=S. The van der Waals surface area contributed by atoms with Gasteiger partial charge in [-0.25, -0.2) is 0 Å². The van der Waals surface area contributed by atoms with Gasteiger partial charge in [0.05, 0.1) is 5.69 Å². The Bertz CT molecular complexity index is 641. The molecule has 1 fully saturated rings. The number of anilines is 1. The van der Waals surface area contributed by atoms with Crippen molar-refractivity contribution < 1.29 is 4.79 Å². The Morgan fingerprint density at radius 2 is 1.90 bits per heavy atom. The fourth-order valence-electron chi connectivity index (χ4n) is 2.46. The van der Waals surface area contributed by atoms with E-state index >= 15 is 0 Å². The molecule has 104 valence electrons. The minimum atomic E-state index is -0.0119. The van der Waals surface area contributed by atoms with Crippen LogP contribution in [-0.2, 0) is 4.79 Å². The fourth-order valence-corrected chi connectivity index (χ4v) is 3.98. The Morgan fingerprint density at radius 3 is 2.50 bits per heavy atom. The molecule has 0 bridgehead atoms. The summed E-state index contributed by atoms with van der Waals surface area (Å²) in [5.74, 6) is -0.0119. The predicted molar refractivity (Wildman–Crippen MR) is 85.5 cm³/mol. The molecule has 2 aliphatic heterocycles. The summed E-state index contributed by atoms with van der Waals surface area (Å²) >= 11 is 6.97. The lowest BCUT2D eigenvalue weighted by atomic mass is 10.3. The molecule has 1 amide bonds. The molecule has 0 aliphatic carbocycles. The molecule has 0 N–H and O–H groups in total. The van der Waals surface area contributed by atoms with Gasteiger partial charge in [0.25, 0.3) is 5.91 Å². The summed E-state index contributed by atoms with van der Waals surface area (Å²) in [6.45, 7) is 2.53. The number of amides is 1. The number of fused-ring (bicyclic) bond motifs is 1. The van der Waals surface area contributed by atoms with Gasteiger partial charge in [-0.15, -0.1) is 0 Å². The van der Waals surface area contributed by atoms with Crippen LogP contribution in [0.25, 0.3) is 0 Å². The first-order chi connectivity index (χ1) is 9.56. The standard InChI is InChI=1S/C14H15N3OS2/c1-4-17-12(18)11(16(3)14(17)19)13-15(2)9-7-5-6-8-10(9)20-13/h5-8H,4H2,1-3H3. The Balaban J connectivity index is 2.09. The minimum Gasteiger partial charge on any atom is -0.336 e.